The number of aromatic amines is 1. The zero-order valence-electron chi connectivity index (χ0n) is 10.1. The monoisotopic (exact) mass is 272 g/mol. The minimum atomic E-state index is -0.400. The SMILES string of the molecule is Nc1onc(-c2ccc(=O)[nH]n2)c1-c1cccc(F)c1. The van der Waals surface area contributed by atoms with Crippen LogP contribution in [0.3, 0.4) is 0 Å². The molecule has 1 aromatic carbocycles. The Morgan fingerprint density at radius 1 is 1.25 bits per heavy atom. The number of hydrogen-bond donors (Lipinski definition) is 2. The van der Waals surface area contributed by atoms with E-state index in [1.165, 1.54) is 24.3 Å². The summed E-state index contributed by atoms with van der Waals surface area (Å²) in [5.74, 6) is -0.345. The van der Waals surface area contributed by atoms with Crippen molar-refractivity contribution in [1.82, 2.24) is 15.4 Å². The summed E-state index contributed by atoms with van der Waals surface area (Å²) in [5, 5.41) is 9.97. The molecule has 0 amide bonds. The number of benzene rings is 1. The van der Waals surface area contributed by atoms with Gasteiger partial charge in [0.2, 0.25) is 5.88 Å². The van der Waals surface area contributed by atoms with Crippen molar-refractivity contribution in [1.29, 1.82) is 0 Å². The third-order valence-corrected chi connectivity index (χ3v) is 2.75. The minimum Gasteiger partial charge on any atom is -0.367 e. The molecule has 0 aliphatic carbocycles. The molecular weight excluding hydrogens is 263 g/mol. The lowest BCUT2D eigenvalue weighted by molar-refractivity contribution is 0.439. The van der Waals surface area contributed by atoms with Gasteiger partial charge in [-0.1, -0.05) is 17.3 Å². The second-order valence-electron chi connectivity index (χ2n) is 4.09. The van der Waals surface area contributed by atoms with Gasteiger partial charge >= 0.3 is 0 Å². The first-order chi connectivity index (χ1) is 9.65. The summed E-state index contributed by atoms with van der Waals surface area (Å²) in [5.41, 5.74) is 7.07. The van der Waals surface area contributed by atoms with Gasteiger partial charge in [0, 0.05) is 6.07 Å². The van der Waals surface area contributed by atoms with Crippen molar-refractivity contribution in [2.45, 2.75) is 0 Å². The average Bonchev–Trinajstić information content (AvgIpc) is 2.81. The van der Waals surface area contributed by atoms with E-state index in [0.717, 1.165) is 0 Å². The highest BCUT2D eigenvalue weighted by Gasteiger charge is 2.18. The van der Waals surface area contributed by atoms with Crippen molar-refractivity contribution < 1.29 is 8.91 Å². The van der Waals surface area contributed by atoms with E-state index in [4.69, 9.17) is 10.3 Å². The van der Waals surface area contributed by atoms with Crippen LogP contribution in [-0.4, -0.2) is 15.4 Å². The Hall–Kier alpha value is -2.96. The lowest BCUT2D eigenvalue weighted by Crippen LogP contribution is -2.05. The van der Waals surface area contributed by atoms with Crippen LogP contribution in [-0.2, 0) is 0 Å². The lowest BCUT2D eigenvalue weighted by atomic mass is 10.0. The summed E-state index contributed by atoms with van der Waals surface area (Å²) in [6.45, 7) is 0. The number of hydrogen-bond acceptors (Lipinski definition) is 5. The normalized spacial score (nSPS) is 10.7. The molecule has 0 atom stereocenters. The number of aromatic nitrogens is 3. The summed E-state index contributed by atoms with van der Waals surface area (Å²) < 4.78 is 18.3. The summed E-state index contributed by atoms with van der Waals surface area (Å²) in [6.07, 6.45) is 0. The Balaban J connectivity index is 2.19. The van der Waals surface area contributed by atoms with E-state index in [9.17, 15) is 9.18 Å². The summed E-state index contributed by atoms with van der Waals surface area (Å²) in [6, 6.07) is 8.67. The zero-order valence-corrected chi connectivity index (χ0v) is 10.1. The molecule has 0 saturated carbocycles. The van der Waals surface area contributed by atoms with E-state index >= 15 is 0 Å². The number of nitrogens with one attached hydrogen (secondary N) is 1. The van der Waals surface area contributed by atoms with Crippen molar-refractivity contribution in [3.8, 4) is 22.5 Å². The first kappa shape index (κ1) is 12.1. The van der Waals surface area contributed by atoms with E-state index < -0.39 is 5.82 Å². The maximum absolute atomic E-state index is 13.3. The Morgan fingerprint density at radius 3 is 2.80 bits per heavy atom. The van der Waals surface area contributed by atoms with Crippen LogP contribution in [0.1, 0.15) is 0 Å². The summed E-state index contributed by atoms with van der Waals surface area (Å²) in [4.78, 5) is 11.0. The molecule has 0 saturated heterocycles. The minimum absolute atomic E-state index is 0.0543. The van der Waals surface area contributed by atoms with Gasteiger partial charge < -0.3 is 10.3 Å². The fourth-order valence-corrected chi connectivity index (χ4v) is 1.88. The second-order valence-corrected chi connectivity index (χ2v) is 4.09. The standard InChI is InChI=1S/C13H9FN4O2/c14-8-3-1-2-7(6-8)11-12(18-20-13(11)15)9-4-5-10(19)17-16-9/h1-6H,15H2,(H,17,19). The number of H-pyrrole nitrogens is 1. The molecule has 20 heavy (non-hydrogen) atoms. The maximum atomic E-state index is 13.3. The van der Waals surface area contributed by atoms with Crippen LogP contribution in [0.4, 0.5) is 10.3 Å². The Morgan fingerprint density at radius 2 is 2.10 bits per heavy atom. The molecular formula is C13H9FN4O2. The molecule has 2 aromatic heterocycles. The van der Waals surface area contributed by atoms with Gasteiger partial charge in [-0.25, -0.2) is 9.49 Å². The topological polar surface area (TPSA) is 97.8 Å². The summed E-state index contributed by atoms with van der Waals surface area (Å²) >= 11 is 0. The Labute approximate surface area is 112 Å². The van der Waals surface area contributed by atoms with Crippen LogP contribution in [0, 0.1) is 5.82 Å². The molecule has 0 aliphatic rings. The van der Waals surface area contributed by atoms with Crippen LogP contribution >= 0.6 is 0 Å². The van der Waals surface area contributed by atoms with Gasteiger partial charge in [-0.3, -0.25) is 4.79 Å². The first-order valence-corrected chi connectivity index (χ1v) is 5.72. The van der Waals surface area contributed by atoms with E-state index in [2.05, 4.69) is 15.4 Å². The fraction of sp³-hybridized carbons (Fsp3) is 0. The van der Waals surface area contributed by atoms with Gasteiger partial charge in [-0.15, -0.1) is 0 Å². The van der Waals surface area contributed by atoms with Crippen LogP contribution in [0.25, 0.3) is 22.5 Å². The highest BCUT2D eigenvalue weighted by molar-refractivity contribution is 5.85. The first-order valence-electron chi connectivity index (χ1n) is 5.72. The highest BCUT2D eigenvalue weighted by atomic mass is 19.1. The maximum Gasteiger partial charge on any atom is 0.264 e. The molecule has 0 radical (unpaired) electrons. The predicted molar refractivity (Wildman–Crippen MR) is 70.2 cm³/mol. The van der Waals surface area contributed by atoms with Crippen molar-refractivity contribution in [2.75, 3.05) is 5.73 Å². The molecule has 100 valence electrons. The highest BCUT2D eigenvalue weighted by Crippen LogP contribution is 2.35. The molecule has 3 aromatic rings. The van der Waals surface area contributed by atoms with Crippen LogP contribution in [0.2, 0.25) is 0 Å². The predicted octanol–water partition coefficient (Wildman–Crippen LogP) is 1.81. The van der Waals surface area contributed by atoms with Crippen molar-refractivity contribution in [2.24, 2.45) is 0 Å². The largest absolute Gasteiger partial charge is 0.367 e. The molecule has 6 nitrogen and oxygen atoms in total. The second kappa shape index (κ2) is 4.61. The number of rotatable bonds is 2. The molecule has 2 heterocycles. The fourth-order valence-electron chi connectivity index (χ4n) is 1.88. The lowest BCUT2D eigenvalue weighted by Gasteiger charge is -2.02. The number of anilines is 1. The van der Waals surface area contributed by atoms with Gasteiger partial charge in [0.15, 0.2) is 0 Å². The third-order valence-electron chi connectivity index (χ3n) is 2.75. The van der Waals surface area contributed by atoms with Crippen molar-refractivity contribution in [3.05, 3.63) is 52.6 Å². The van der Waals surface area contributed by atoms with E-state index in [0.29, 0.717) is 22.5 Å². The van der Waals surface area contributed by atoms with Gasteiger partial charge in [-0.05, 0) is 23.8 Å². The Kier molecular flexibility index (Phi) is 2.79. The number of halogens is 1. The summed E-state index contributed by atoms with van der Waals surface area (Å²) in [7, 11) is 0. The van der Waals surface area contributed by atoms with Crippen molar-refractivity contribution >= 4 is 5.88 Å². The molecule has 0 unspecified atom stereocenters. The van der Waals surface area contributed by atoms with Gasteiger partial charge in [0.25, 0.3) is 5.56 Å². The van der Waals surface area contributed by atoms with Gasteiger partial charge in [0.05, 0.1) is 5.56 Å². The molecule has 3 N–H and O–H groups in total. The molecule has 7 heteroatoms. The smallest absolute Gasteiger partial charge is 0.264 e. The quantitative estimate of drug-likeness (QED) is 0.741. The van der Waals surface area contributed by atoms with Crippen molar-refractivity contribution in [3.63, 3.8) is 0 Å². The average molecular weight is 272 g/mol. The van der Waals surface area contributed by atoms with Crippen LogP contribution < -0.4 is 11.3 Å². The van der Waals surface area contributed by atoms with Crippen LogP contribution in [0.5, 0.6) is 0 Å². The molecule has 0 fully saturated rings. The van der Waals surface area contributed by atoms with E-state index in [1.807, 2.05) is 0 Å². The van der Waals surface area contributed by atoms with Gasteiger partial charge in [0.1, 0.15) is 17.2 Å². The third kappa shape index (κ3) is 2.05. The number of nitrogen functional groups attached to an aromatic ring is 1. The number of nitrogens with two attached hydrogens (primary N) is 1. The van der Waals surface area contributed by atoms with E-state index in [-0.39, 0.29) is 11.4 Å². The zero-order chi connectivity index (χ0) is 14.1. The number of nitrogens with zero attached hydrogens (tertiary/aromatic N) is 2. The molecule has 0 bridgehead atoms. The molecule has 3 rings (SSSR count). The Bertz CT molecular complexity index is 805. The van der Waals surface area contributed by atoms with Crippen LogP contribution in [0.15, 0.2) is 45.7 Å². The molecule has 0 aliphatic heterocycles. The van der Waals surface area contributed by atoms with Gasteiger partial charge in [-0.2, -0.15) is 5.10 Å². The van der Waals surface area contributed by atoms with E-state index in [1.54, 1.807) is 12.1 Å². The molecule has 0 spiro atoms.